The summed E-state index contributed by atoms with van der Waals surface area (Å²) < 4.78 is 31.0. The van der Waals surface area contributed by atoms with Crippen LogP contribution in [0, 0.1) is 0 Å². The van der Waals surface area contributed by atoms with Crippen LogP contribution in [-0.4, -0.2) is 29.3 Å². The summed E-state index contributed by atoms with van der Waals surface area (Å²) in [4.78, 5) is 10.5. The highest BCUT2D eigenvalue weighted by atomic mass is 32.2. The molecule has 0 rings (SSSR count). The lowest BCUT2D eigenvalue weighted by Crippen LogP contribution is -2.23. The van der Waals surface area contributed by atoms with E-state index in [-0.39, 0.29) is 6.42 Å². The van der Waals surface area contributed by atoms with E-state index in [1.165, 1.54) is 32.1 Å². The molecule has 0 aliphatic carbocycles. The standard InChI is InChI=1S/C14H28O5S/c1-2-3-4-5-6-7-8-9-10-11-13(12-14(15)16)20(17,18)19/h13H,2-12H2,1H3,(H,15,16)(H,17,18,19). The summed E-state index contributed by atoms with van der Waals surface area (Å²) in [6.45, 7) is 2.18. The van der Waals surface area contributed by atoms with Crippen LogP contribution in [0.5, 0.6) is 0 Å². The topological polar surface area (TPSA) is 91.7 Å². The van der Waals surface area contributed by atoms with E-state index in [1.807, 2.05) is 0 Å². The van der Waals surface area contributed by atoms with E-state index in [1.54, 1.807) is 0 Å². The van der Waals surface area contributed by atoms with Crippen LogP contribution in [0.1, 0.15) is 77.6 Å². The van der Waals surface area contributed by atoms with Crippen molar-refractivity contribution in [2.75, 3.05) is 0 Å². The van der Waals surface area contributed by atoms with Gasteiger partial charge >= 0.3 is 5.97 Å². The number of aliphatic carboxylic acids is 1. The van der Waals surface area contributed by atoms with Gasteiger partial charge < -0.3 is 5.11 Å². The largest absolute Gasteiger partial charge is 0.481 e. The summed E-state index contributed by atoms with van der Waals surface area (Å²) in [5.74, 6) is -1.19. The lowest BCUT2D eigenvalue weighted by atomic mass is 10.1. The third kappa shape index (κ3) is 11.2. The Balaban J connectivity index is 3.67. The number of rotatable bonds is 13. The fraction of sp³-hybridized carbons (Fsp3) is 0.929. The Morgan fingerprint density at radius 3 is 1.80 bits per heavy atom. The quantitative estimate of drug-likeness (QED) is 0.400. The van der Waals surface area contributed by atoms with E-state index in [0.717, 1.165) is 19.3 Å². The van der Waals surface area contributed by atoms with Gasteiger partial charge in [-0.1, -0.05) is 64.7 Å². The summed E-state index contributed by atoms with van der Waals surface area (Å²) in [6.07, 6.45) is 9.67. The maximum atomic E-state index is 11.0. The number of hydrogen-bond donors (Lipinski definition) is 2. The summed E-state index contributed by atoms with van der Waals surface area (Å²) in [7, 11) is -4.25. The minimum atomic E-state index is -4.25. The Labute approximate surface area is 122 Å². The van der Waals surface area contributed by atoms with Crippen LogP contribution >= 0.6 is 0 Å². The normalized spacial score (nSPS) is 13.3. The zero-order valence-electron chi connectivity index (χ0n) is 12.4. The van der Waals surface area contributed by atoms with Gasteiger partial charge in [0.05, 0.1) is 11.7 Å². The molecule has 0 saturated carbocycles. The molecule has 1 atom stereocenters. The molecule has 2 N–H and O–H groups in total. The van der Waals surface area contributed by atoms with E-state index in [0.29, 0.717) is 6.42 Å². The molecule has 0 aromatic carbocycles. The number of carbonyl (C=O) groups is 1. The minimum Gasteiger partial charge on any atom is -0.481 e. The summed E-state index contributed by atoms with van der Waals surface area (Å²) >= 11 is 0. The molecule has 0 amide bonds. The monoisotopic (exact) mass is 308 g/mol. The van der Waals surface area contributed by atoms with Gasteiger partial charge in [0, 0.05) is 0 Å². The average molecular weight is 308 g/mol. The van der Waals surface area contributed by atoms with Crippen LogP contribution in [0.4, 0.5) is 0 Å². The van der Waals surface area contributed by atoms with Gasteiger partial charge in [-0.15, -0.1) is 0 Å². The minimum absolute atomic E-state index is 0.223. The Hall–Kier alpha value is -0.620. The van der Waals surface area contributed by atoms with E-state index in [9.17, 15) is 13.2 Å². The second-order valence-electron chi connectivity index (χ2n) is 5.35. The van der Waals surface area contributed by atoms with Gasteiger partial charge in [-0.2, -0.15) is 8.42 Å². The lowest BCUT2D eigenvalue weighted by Gasteiger charge is -2.11. The Kier molecular flexibility index (Phi) is 10.7. The molecule has 0 radical (unpaired) electrons. The second-order valence-corrected chi connectivity index (χ2v) is 7.05. The molecule has 0 heterocycles. The molecule has 0 aromatic heterocycles. The molecule has 0 fully saturated rings. The van der Waals surface area contributed by atoms with Gasteiger partial charge in [-0.25, -0.2) is 0 Å². The molecule has 0 spiro atoms. The van der Waals surface area contributed by atoms with Crippen molar-refractivity contribution in [1.82, 2.24) is 0 Å². The Morgan fingerprint density at radius 2 is 1.40 bits per heavy atom. The first kappa shape index (κ1) is 19.4. The van der Waals surface area contributed by atoms with Crippen molar-refractivity contribution in [2.45, 2.75) is 82.8 Å². The average Bonchev–Trinajstić information content (AvgIpc) is 2.33. The van der Waals surface area contributed by atoms with Gasteiger partial charge in [0.2, 0.25) is 0 Å². The molecule has 0 aromatic rings. The van der Waals surface area contributed by atoms with E-state index in [2.05, 4.69) is 6.92 Å². The molecule has 0 aliphatic rings. The summed E-state index contributed by atoms with van der Waals surface area (Å²) in [5, 5.41) is 7.45. The van der Waals surface area contributed by atoms with Crippen LogP contribution in [0.25, 0.3) is 0 Å². The van der Waals surface area contributed by atoms with Crippen molar-refractivity contribution >= 4 is 16.1 Å². The first-order chi connectivity index (χ1) is 9.38. The van der Waals surface area contributed by atoms with Gasteiger partial charge in [-0.3, -0.25) is 9.35 Å². The van der Waals surface area contributed by atoms with Crippen molar-refractivity contribution in [3.8, 4) is 0 Å². The number of hydrogen-bond acceptors (Lipinski definition) is 3. The van der Waals surface area contributed by atoms with Crippen molar-refractivity contribution in [1.29, 1.82) is 0 Å². The highest BCUT2D eigenvalue weighted by molar-refractivity contribution is 7.86. The third-order valence-corrected chi connectivity index (χ3v) is 4.70. The lowest BCUT2D eigenvalue weighted by molar-refractivity contribution is -0.137. The molecule has 6 heteroatoms. The molecule has 1 unspecified atom stereocenters. The van der Waals surface area contributed by atoms with Crippen LogP contribution in [-0.2, 0) is 14.9 Å². The molecule has 0 aliphatic heterocycles. The smallest absolute Gasteiger partial charge is 0.304 e. The van der Waals surface area contributed by atoms with Crippen molar-refractivity contribution < 1.29 is 22.9 Å². The van der Waals surface area contributed by atoms with Gasteiger partial charge in [0.25, 0.3) is 10.1 Å². The molecular formula is C14H28O5S. The summed E-state index contributed by atoms with van der Waals surface area (Å²) in [6, 6.07) is 0. The molecule has 20 heavy (non-hydrogen) atoms. The van der Waals surface area contributed by atoms with Crippen LogP contribution in [0.2, 0.25) is 0 Å². The van der Waals surface area contributed by atoms with Crippen molar-refractivity contribution in [3.63, 3.8) is 0 Å². The molecule has 120 valence electrons. The highest BCUT2D eigenvalue weighted by Crippen LogP contribution is 2.16. The zero-order valence-corrected chi connectivity index (χ0v) is 13.2. The fourth-order valence-electron chi connectivity index (χ4n) is 2.23. The first-order valence-electron chi connectivity index (χ1n) is 7.56. The van der Waals surface area contributed by atoms with E-state index < -0.39 is 27.8 Å². The van der Waals surface area contributed by atoms with Gasteiger partial charge in [-0.05, 0) is 6.42 Å². The van der Waals surface area contributed by atoms with Crippen molar-refractivity contribution in [3.05, 3.63) is 0 Å². The second kappa shape index (κ2) is 11.1. The predicted molar refractivity (Wildman–Crippen MR) is 79.4 cm³/mol. The molecule has 0 bridgehead atoms. The van der Waals surface area contributed by atoms with Gasteiger partial charge in [0.1, 0.15) is 0 Å². The molecular weight excluding hydrogens is 280 g/mol. The Morgan fingerprint density at radius 1 is 0.950 bits per heavy atom. The van der Waals surface area contributed by atoms with Crippen LogP contribution in [0.15, 0.2) is 0 Å². The SMILES string of the molecule is CCCCCCCCCCCC(CC(=O)O)S(=O)(=O)O. The highest BCUT2D eigenvalue weighted by Gasteiger charge is 2.25. The van der Waals surface area contributed by atoms with Crippen LogP contribution < -0.4 is 0 Å². The molecule has 0 saturated heterocycles. The Bertz CT molecular complexity index is 351. The third-order valence-electron chi connectivity index (χ3n) is 3.45. The zero-order chi connectivity index (χ0) is 15.4. The fourth-order valence-corrected chi connectivity index (χ4v) is 3.05. The predicted octanol–water partition coefficient (Wildman–Crippen LogP) is 3.64. The first-order valence-corrected chi connectivity index (χ1v) is 9.06. The van der Waals surface area contributed by atoms with Crippen molar-refractivity contribution in [2.24, 2.45) is 0 Å². The number of carboxylic acid groups (broad SMARTS) is 1. The van der Waals surface area contributed by atoms with Crippen LogP contribution in [0.3, 0.4) is 0 Å². The van der Waals surface area contributed by atoms with Gasteiger partial charge in [0.15, 0.2) is 0 Å². The maximum Gasteiger partial charge on any atom is 0.304 e. The summed E-state index contributed by atoms with van der Waals surface area (Å²) in [5.41, 5.74) is 0. The maximum absolute atomic E-state index is 11.0. The number of carboxylic acids is 1. The van der Waals surface area contributed by atoms with E-state index >= 15 is 0 Å². The van der Waals surface area contributed by atoms with E-state index in [4.69, 9.17) is 9.66 Å². The molecule has 5 nitrogen and oxygen atoms in total. The number of unbranched alkanes of at least 4 members (excludes halogenated alkanes) is 8.